The number of carboxylic acids is 1. The van der Waals surface area contributed by atoms with Crippen LogP contribution in [-0.4, -0.2) is 44.3 Å². The molecule has 0 aliphatic heterocycles. The zero-order valence-electron chi connectivity index (χ0n) is 16.6. The van der Waals surface area contributed by atoms with E-state index >= 15 is 0 Å². The van der Waals surface area contributed by atoms with Gasteiger partial charge in [0.2, 0.25) is 0 Å². The molecule has 0 amide bonds. The minimum absolute atomic E-state index is 0.171. The maximum absolute atomic E-state index is 12.5. The van der Waals surface area contributed by atoms with Crippen molar-refractivity contribution in [2.45, 2.75) is 32.1 Å². The van der Waals surface area contributed by atoms with Crippen molar-refractivity contribution in [2.24, 2.45) is 11.3 Å². The fraction of sp³-hybridized carbons (Fsp3) is 0.476. The number of rotatable bonds is 6. The number of methoxy groups -OCH3 is 3. The predicted octanol–water partition coefficient (Wildman–Crippen LogP) is 2.94. The average molecular weight is 390 g/mol. The summed E-state index contributed by atoms with van der Waals surface area (Å²) in [6, 6.07) is 7.39. The molecule has 152 valence electrons. The number of ether oxygens (including phenoxy) is 3. The Morgan fingerprint density at radius 3 is 2.29 bits per heavy atom. The molecular formula is C21H26O7. The summed E-state index contributed by atoms with van der Waals surface area (Å²) in [5.74, 6) is -2.16. The van der Waals surface area contributed by atoms with Crippen molar-refractivity contribution >= 4 is 17.9 Å². The quantitative estimate of drug-likeness (QED) is 0.589. The van der Waals surface area contributed by atoms with Crippen molar-refractivity contribution in [3.05, 3.63) is 41.5 Å². The van der Waals surface area contributed by atoms with Crippen molar-refractivity contribution in [2.75, 3.05) is 21.3 Å². The Morgan fingerprint density at radius 2 is 1.79 bits per heavy atom. The summed E-state index contributed by atoms with van der Waals surface area (Å²) in [6.45, 7) is 1.69. The number of carboxylic acid groups (broad SMARTS) is 1. The summed E-state index contributed by atoms with van der Waals surface area (Å²) in [5.41, 5.74) is 0.266. The van der Waals surface area contributed by atoms with Gasteiger partial charge < -0.3 is 19.3 Å². The monoisotopic (exact) mass is 390 g/mol. The summed E-state index contributed by atoms with van der Waals surface area (Å²) in [6.07, 6.45) is 2.04. The molecule has 1 N–H and O–H groups in total. The smallest absolute Gasteiger partial charge is 0.330 e. The Kier molecular flexibility index (Phi) is 6.83. The molecule has 7 nitrogen and oxygen atoms in total. The minimum Gasteiger partial charge on any atom is -0.497 e. The molecule has 7 heteroatoms. The summed E-state index contributed by atoms with van der Waals surface area (Å²) in [7, 11) is 4.10. The molecule has 3 atom stereocenters. The first kappa shape index (κ1) is 21.5. The van der Waals surface area contributed by atoms with Gasteiger partial charge in [-0.2, -0.15) is 0 Å². The molecule has 0 aromatic heterocycles. The lowest BCUT2D eigenvalue weighted by atomic mass is 9.60. The third-order valence-electron chi connectivity index (χ3n) is 5.53. The first-order valence-corrected chi connectivity index (χ1v) is 9.01. The number of carbonyl (C=O) groups excluding carboxylic acids is 2. The van der Waals surface area contributed by atoms with Gasteiger partial charge in [-0.15, -0.1) is 0 Å². The average Bonchev–Trinajstić information content (AvgIpc) is 2.69. The number of hydrogen-bond acceptors (Lipinski definition) is 6. The van der Waals surface area contributed by atoms with Gasteiger partial charge in [-0.05, 0) is 54.9 Å². The van der Waals surface area contributed by atoms with Crippen LogP contribution in [0, 0.1) is 11.3 Å². The molecule has 0 heterocycles. The van der Waals surface area contributed by atoms with Crippen LogP contribution in [0.2, 0.25) is 0 Å². The van der Waals surface area contributed by atoms with Crippen molar-refractivity contribution in [3.8, 4) is 5.75 Å². The van der Waals surface area contributed by atoms with Crippen LogP contribution in [0.15, 0.2) is 35.9 Å². The molecule has 0 bridgehead atoms. The molecule has 0 saturated heterocycles. The third kappa shape index (κ3) is 4.35. The van der Waals surface area contributed by atoms with Crippen molar-refractivity contribution in [1.82, 2.24) is 0 Å². The molecule has 0 unspecified atom stereocenters. The van der Waals surface area contributed by atoms with Crippen LogP contribution in [0.4, 0.5) is 0 Å². The van der Waals surface area contributed by atoms with Gasteiger partial charge in [0.1, 0.15) is 5.75 Å². The number of aliphatic carboxylic acids is 1. The van der Waals surface area contributed by atoms with Gasteiger partial charge in [0.25, 0.3) is 0 Å². The summed E-state index contributed by atoms with van der Waals surface area (Å²) in [5, 5.41) is 9.51. The molecule has 1 aliphatic carbocycles. The van der Waals surface area contributed by atoms with Crippen molar-refractivity contribution < 1.29 is 33.7 Å². The van der Waals surface area contributed by atoms with Crippen LogP contribution in [-0.2, 0) is 23.9 Å². The van der Waals surface area contributed by atoms with Crippen molar-refractivity contribution in [1.29, 1.82) is 0 Å². The molecule has 1 aliphatic rings. The van der Waals surface area contributed by atoms with Crippen LogP contribution < -0.4 is 4.74 Å². The Bertz CT molecular complexity index is 765. The molecule has 0 radical (unpaired) electrons. The van der Waals surface area contributed by atoms with Crippen LogP contribution in [0.3, 0.4) is 0 Å². The summed E-state index contributed by atoms with van der Waals surface area (Å²) < 4.78 is 14.9. The highest BCUT2D eigenvalue weighted by molar-refractivity contribution is 5.88. The number of hydrogen-bond donors (Lipinski definition) is 1. The molecule has 1 saturated carbocycles. The van der Waals surface area contributed by atoms with E-state index in [1.807, 2.05) is 24.3 Å². The summed E-state index contributed by atoms with van der Waals surface area (Å²) in [4.78, 5) is 36.2. The van der Waals surface area contributed by atoms with E-state index in [-0.39, 0.29) is 12.3 Å². The van der Waals surface area contributed by atoms with Gasteiger partial charge in [-0.25, -0.2) is 4.79 Å². The lowest BCUT2D eigenvalue weighted by molar-refractivity contribution is -0.152. The fourth-order valence-electron chi connectivity index (χ4n) is 4.00. The van der Waals surface area contributed by atoms with E-state index in [1.165, 1.54) is 20.3 Å². The van der Waals surface area contributed by atoms with Crippen molar-refractivity contribution in [3.63, 3.8) is 0 Å². The maximum atomic E-state index is 12.5. The highest BCUT2D eigenvalue weighted by Crippen LogP contribution is 2.52. The molecule has 28 heavy (non-hydrogen) atoms. The van der Waals surface area contributed by atoms with E-state index < -0.39 is 29.2 Å². The zero-order chi connectivity index (χ0) is 20.9. The third-order valence-corrected chi connectivity index (χ3v) is 5.53. The Morgan fingerprint density at radius 1 is 1.14 bits per heavy atom. The van der Waals surface area contributed by atoms with E-state index in [9.17, 15) is 19.5 Å². The van der Waals surface area contributed by atoms with Crippen LogP contribution in [0.1, 0.15) is 37.7 Å². The minimum atomic E-state index is -1.09. The van der Waals surface area contributed by atoms with Gasteiger partial charge in [-0.1, -0.05) is 12.1 Å². The Balaban J connectivity index is 2.57. The van der Waals surface area contributed by atoms with Gasteiger partial charge in [-0.3, -0.25) is 9.59 Å². The van der Waals surface area contributed by atoms with Gasteiger partial charge in [0.05, 0.1) is 33.2 Å². The van der Waals surface area contributed by atoms with E-state index in [1.54, 1.807) is 14.0 Å². The first-order chi connectivity index (χ1) is 13.3. The topological polar surface area (TPSA) is 99.1 Å². The van der Waals surface area contributed by atoms with E-state index in [2.05, 4.69) is 0 Å². The zero-order valence-corrected chi connectivity index (χ0v) is 16.6. The molecular weight excluding hydrogens is 364 g/mol. The van der Waals surface area contributed by atoms with Crippen LogP contribution in [0.5, 0.6) is 5.75 Å². The number of carbonyl (C=O) groups is 3. The second-order valence-electron chi connectivity index (χ2n) is 7.07. The van der Waals surface area contributed by atoms with Gasteiger partial charge in [0.15, 0.2) is 0 Å². The van der Waals surface area contributed by atoms with Gasteiger partial charge in [0, 0.05) is 6.08 Å². The Hall–Kier alpha value is -2.83. The van der Waals surface area contributed by atoms with Crippen LogP contribution >= 0.6 is 0 Å². The molecule has 1 aromatic carbocycles. The molecule has 1 fully saturated rings. The SMILES string of the molecule is COC(=O)/C=C1\[C@@H](CC(=O)O)[C@@H](c2ccc(OC)cc2)CC[C@]1(C)C(=O)OC. The maximum Gasteiger partial charge on any atom is 0.330 e. The second kappa shape index (κ2) is 8.91. The normalized spacial score (nSPS) is 25.8. The highest BCUT2D eigenvalue weighted by Gasteiger charge is 2.48. The van der Waals surface area contributed by atoms with E-state index in [0.29, 0.717) is 24.2 Å². The standard InChI is InChI=1S/C21H26O7/c1-21(20(25)28-4)10-9-15(13-5-7-14(26-2)8-6-13)16(11-18(22)23)17(21)12-19(24)27-3/h5-8,12,15-16H,9-11H2,1-4H3,(H,22,23)/b17-12+/t15-,16+,21+/m1/s1. The Labute approximate surface area is 164 Å². The lowest BCUT2D eigenvalue weighted by Crippen LogP contribution is -2.41. The summed E-state index contributed by atoms with van der Waals surface area (Å²) >= 11 is 0. The van der Waals surface area contributed by atoms with Crippen LogP contribution in [0.25, 0.3) is 0 Å². The largest absolute Gasteiger partial charge is 0.497 e. The second-order valence-corrected chi connectivity index (χ2v) is 7.07. The number of benzene rings is 1. The predicted molar refractivity (Wildman–Crippen MR) is 101 cm³/mol. The molecule has 0 spiro atoms. The molecule has 1 aromatic rings. The molecule has 2 rings (SSSR count). The number of esters is 2. The van der Waals surface area contributed by atoms with E-state index in [0.717, 1.165) is 5.56 Å². The lowest BCUT2D eigenvalue weighted by Gasteiger charge is -2.43. The highest BCUT2D eigenvalue weighted by atomic mass is 16.5. The first-order valence-electron chi connectivity index (χ1n) is 9.01. The van der Waals surface area contributed by atoms with Gasteiger partial charge >= 0.3 is 17.9 Å². The van der Waals surface area contributed by atoms with E-state index in [4.69, 9.17) is 14.2 Å². The fourth-order valence-corrected chi connectivity index (χ4v) is 4.00.